The van der Waals surface area contributed by atoms with Crippen LogP contribution in [-0.2, 0) is 0 Å². The van der Waals surface area contributed by atoms with Crippen LogP contribution in [0.3, 0.4) is 0 Å². The molecular formula is C18H18FN3O3. The molecule has 1 fully saturated rings. The summed E-state index contributed by atoms with van der Waals surface area (Å²) in [6, 6.07) is 11.8. The molecule has 3 rings (SSSR count). The number of nitro groups is 1. The number of likely N-dealkylation sites (tertiary alicyclic amines) is 1. The van der Waals surface area contributed by atoms with Crippen molar-refractivity contribution in [1.29, 1.82) is 0 Å². The van der Waals surface area contributed by atoms with Gasteiger partial charge in [-0.1, -0.05) is 24.3 Å². The number of rotatable bonds is 4. The summed E-state index contributed by atoms with van der Waals surface area (Å²) in [5.74, 6) is -0.787. The Kier molecular flexibility index (Phi) is 4.76. The Balaban J connectivity index is 1.83. The topological polar surface area (TPSA) is 75.5 Å². The molecule has 0 aromatic heterocycles. The van der Waals surface area contributed by atoms with Gasteiger partial charge in [-0.2, -0.15) is 0 Å². The van der Waals surface area contributed by atoms with Crippen LogP contribution in [0.4, 0.5) is 10.1 Å². The molecule has 7 heteroatoms. The highest BCUT2D eigenvalue weighted by atomic mass is 19.1. The van der Waals surface area contributed by atoms with Gasteiger partial charge in [0.25, 0.3) is 11.6 Å². The number of carbonyl (C=O) groups is 1. The van der Waals surface area contributed by atoms with E-state index in [2.05, 4.69) is 10.2 Å². The smallest absolute Gasteiger partial charge is 0.282 e. The molecule has 0 aliphatic carbocycles. The lowest BCUT2D eigenvalue weighted by molar-refractivity contribution is -0.385. The third-order valence-electron chi connectivity index (χ3n) is 4.52. The van der Waals surface area contributed by atoms with Gasteiger partial charge in [-0.05, 0) is 37.2 Å². The van der Waals surface area contributed by atoms with Gasteiger partial charge in [0.2, 0.25) is 0 Å². The largest absolute Gasteiger partial charge is 0.347 e. The molecule has 0 saturated carbocycles. The van der Waals surface area contributed by atoms with Crippen LogP contribution in [0.25, 0.3) is 0 Å². The van der Waals surface area contributed by atoms with E-state index in [0.29, 0.717) is 6.42 Å². The second-order valence-electron chi connectivity index (χ2n) is 6.12. The Bertz CT molecular complexity index is 794. The number of nitro benzene ring substituents is 1. The lowest BCUT2D eigenvalue weighted by Gasteiger charge is -2.26. The fourth-order valence-corrected chi connectivity index (χ4v) is 3.32. The van der Waals surface area contributed by atoms with Gasteiger partial charge < -0.3 is 5.32 Å². The summed E-state index contributed by atoms with van der Waals surface area (Å²) in [5.41, 5.74) is 0.721. The summed E-state index contributed by atoms with van der Waals surface area (Å²) in [7, 11) is 1.94. The van der Waals surface area contributed by atoms with Crippen molar-refractivity contribution in [3.05, 3.63) is 75.6 Å². The van der Waals surface area contributed by atoms with E-state index >= 15 is 0 Å². The van der Waals surface area contributed by atoms with E-state index in [4.69, 9.17) is 0 Å². The summed E-state index contributed by atoms with van der Waals surface area (Å²) in [6.07, 6.45) is 0.713. The standard InChI is InChI=1S/C18H18FN3O3/c1-21-11-10-15(17(21)12-6-8-13(19)9-7-12)20-18(23)14-4-2-3-5-16(14)22(24)25/h2-9,15,17H,10-11H2,1H3,(H,20,23). The van der Waals surface area contributed by atoms with Crippen LogP contribution in [0.2, 0.25) is 0 Å². The van der Waals surface area contributed by atoms with E-state index in [1.807, 2.05) is 7.05 Å². The number of para-hydroxylation sites is 1. The Hall–Kier alpha value is -2.80. The van der Waals surface area contributed by atoms with Crippen LogP contribution >= 0.6 is 0 Å². The lowest BCUT2D eigenvalue weighted by Crippen LogP contribution is -2.39. The maximum atomic E-state index is 13.2. The first-order valence-electron chi connectivity index (χ1n) is 7.97. The minimum absolute atomic E-state index is 0.0416. The van der Waals surface area contributed by atoms with E-state index in [9.17, 15) is 19.3 Å². The van der Waals surface area contributed by atoms with Crippen molar-refractivity contribution in [2.24, 2.45) is 0 Å². The third-order valence-corrected chi connectivity index (χ3v) is 4.52. The number of benzene rings is 2. The molecule has 1 aliphatic rings. The monoisotopic (exact) mass is 343 g/mol. The molecule has 6 nitrogen and oxygen atoms in total. The average molecular weight is 343 g/mol. The van der Waals surface area contributed by atoms with E-state index in [1.54, 1.807) is 18.2 Å². The Morgan fingerprint density at radius 3 is 2.60 bits per heavy atom. The maximum Gasteiger partial charge on any atom is 0.282 e. The van der Waals surface area contributed by atoms with Crippen LogP contribution in [0.15, 0.2) is 48.5 Å². The summed E-state index contributed by atoms with van der Waals surface area (Å²) >= 11 is 0. The molecular weight excluding hydrogens is 325 g/mol. The predicted molar refractivity (Wildman–Crippen MR) is 90.7 cm³/mol. The van der Waals surface area contributed by atoms with Gasteiger partial charge in [0.05, 0.1) is 17.0 Å². The summed E-state index contributed by atoms with van der Waals surface area (Å²) < 4.78 is 13.2. The van der Waals surface area contributed by atoms with Crippen molar-refractivity contribution in [2.75, 3.05) is 13.6 Å². The van der Waals surface area contributed by atoms with Gasteiger partial charge >= 0.3 is 0 Å². The van der Waals surface area contributed by atoms with Gasteiger partial charge in [0.1, 0.15) is 11.4 Å². The van der Waals surface area contributed by atoms with Gasteiger partial charge in [0, 0.05) is 12.6 Å². The first-order chi connectivity index (χ1) is 12.0. The average Bonchev–Trinajstić information content (AvgIpc) is 2.96. The fourth-order valence-electron chi connectivity index (χ4n) is 3.32. The number of amides is 1. The molecule has 2 aromatic carbocycles. The van der Waals surface area contributed by atoms with Crippen molar-refractivity contribution in [3.8, 4) is 0 Å². The summed E-state index contributed by atoms with van der Waals surface area (Å²) in [5, 5.41) is 14.0. The first-order valence-corrected chi connectivity index (χ1v) is 7.97. The molecule has 0 radical (unpaired) electrons. The van der Waals surface area contributed by atoms with Crippen molar-refractivity contribution in [2.45, 2.75) is 18.5 Å². The Morgan fingerprint density at radius 1 is 1.24 bits per heavy atom. The fraction of sp³-hybridized carbons (Fsp3) is 0.278. The highest BCUT2D eigenvalue weighted by Crippen LogP contribution is 2.31. The normalized spacial score (nSPS) is 20.4. The molecule has 1 saturated heterocycles. The molecule has 25 heavy (non-hydrogen) atoms. The highest BCUT2D eigenvalue weighted by molar-refractivity contribution is 5.98. The second-order valence-corrected chi connectivity index (χ2v) is 6.12. The van der Waals surface area contributed by atoms with Crippen LogP contribution < -0.4 is 5.32 Å². The van der Waals surface area contributed by atoms with Crippen molar-refractivity contribution in [3.63, 3.8) is 0 Å². The van der Waals surface area contributed by atoms with E-state index < -0.39 is 10.8 Å². The molecule has 2 unspecified atom stereocenters. The quantitative estimate of drug-likeness (QED) is 0.684. The summed E-state index contributed by atoms with van der Waals surface area (Å²) in [4.78, 5) is 25.2. The first kappa shape index (κ1) is 17.0. The number of hydrogen-bond acceptors (Lipinski definition) is 4. The van der Waals surface area contributed by atoms with Crippen LogP contribution in [0.1, 0.15) is 28.4 Å². The molecule has 1 amide bonds. The third kappa shape index (κ3) is 3.51. The number of nitrogens with zero attached hydrogens (tertiary/aromatic N) is 2. The van der Waals surface area contributed by atoms with Crippen molar-refractivity contribution in [1.82, 2.24) is 10.2 Å². The highest BCUT2D eigenvalue weighted by Gasteiger charge is 2.35. The van der Waals surface area contributed by atoms with Crippen molar-refractivity contribution >= 4 is 11.6 Å². The predicted octanol–water partition coefficient (Wildman–Crippen LogP) is 2.91. The zero-order chi connectivity index (χ0) is 18.0. The van der Waals surface area contributed by atoms with E-state index in [1.165, 1.54) is 30.3 Å². The number of carbonyl (C=O) groups excluding carboxylic acids is 1. The SMILES string of the molecule is CN1CCC(NC(=O)c2ccccc2[N+](=O)[O-])C1c1ccc(F)cc1. The lowest BCUT2D eigenvalue weighted by atomic mass is 9.99. The van der Waals surface area contributed by atoms with E-state index in [-0.39, 0.29) is 29.2 Å². The van der Waals surface area contributed by atoms with Crippen molar-refractivity contribution < 1.29 is 14.1 Å². The number of halogens is 1. The van der Waals surface area contributed by atoms with Crippen LogP contribution in [-0.4, -0.2) is 35.4 Å². The molecule has 0 bridgehead atoms. The van der Waals surface area contributed by atoms with Gasteiger partial charge in [-0.25, -0.2) is 4.39 Å². The number of likely N-dealkylation sites (N-methyl/N-ethyl adjacent to an activating group) is 1. The summed E-state index contributed by atoms with van der Waals surface area (Å²) in [6.45, 7) is 0.768. The zero-order valence-corrected chi connectivity index (χ0v) is 13.7. The van der Waals surface area contributed by atoms with Crippen LogP contribution in [0.5, 0.6) is 0 Å². The number of hydrogen-bond donors (Lipinski definition) is 1. The molecule has 1 N–H and O–H groups in total. The Labute approximate surface area is 144 Å². The molecule has 0 spiro atoms. The maximum absolute atomic E-state index is 13.2. The number of nitrogens with one attached hydrogen (secondary N) is 1. The minimum atomic E-state index is -0.562. The molecule has 1 heterocycles. The molecule has 1 aliphatic heterocycles. The van der Waals surface area contributed by atoms with E-state index in [0.717, 1.165) is 12.1 Å². The molecule has 130 valence electrons. The van der Waals surface area contributed by atoms with Gasteiger partial charge in [-0.15, -0.1) is 0 Å². The van der Waals surface area contributed by atoms with Crippen LogP contribution in [0, 0.1) is 15.9 Å². The Morgan fingerprint density at radius 2 is 1.92 bits per heavy atom. The zero-order valence-electron chi connectivity index (χ0n) is 13.7. The van der Waals surface area contributed by atoms with Gasteiger partial charge in [-0.3, -0.25) is 19.8 Å². The van der Waals surface area contributed by atoms with Gasteiger partial charge in [0.15, 0.2) is 0 Å². The molecule has 2 aromatic rings. The minimum Gasteiger partial charge on any atom is -0.347 e. The molecule has 2 atom stereocenters. The second kappa shape index (κ2) is 6.98.